The molecule has 0 unspecified atom stereocenters. The first-order valence-electron chi connectivity index (χ1n) is 6.11. The maximum absolute atomic E-state index is 12.2. The van der Waals surface area contributed by atoms with E-state index >= 15 is 0 Å². The van der Waals surface area contributed by atoms with Gasteiger partial charge in [0.1, 0.15) is 0 Å². The summed E-state index contributed by atoms with van der Waals surface area (Å²) in [6.45, 7) is 1.70. The van der Waals surface area contributed by atoms with Gasteiger partial charge in [0.2, 0.25) is 10.0 Å². The fourth-order valence-electron chi connectivity index (χ4n) is 1.82. The molecule has 2 aromatic rings. The van der Waals surface area contributed by atoms with Gasteiger partial charge in [-0.1, -0.05) is 6.07 Å². The van der Waals surface area contributed by atoms with Crippen molar-refractivity contribution in [1.29, 1.82) is 0 Å². The average molecular weight is 309 g/mol. The molecule has 0 fully saturated rings. The van der Waals surface area contributed by atoms with Crippen molar-refractivity contribution in [2.75, 3.05) is 0 Å². The standard InChI is InChI=1S/C13H15N3O4S/c1-9-3-4-11(5-12(9)13(17)18)21(19,20)15-7-10-6-14-16(2)8-10/h3-6,8,15H,7H2,1-2H3,(H,17,18). The smallest absolute Gasteiger partial charge is 0.335 e. The van der Waals surface area contributed by atoms with Crippen LogP contribution in [0, 0.1) is 6.92 Å². The summed E-state index contributed by atoms with van der Waals surface area (Å²) in [5.74, 6) is -1.16. The van der Waals surface area contributed by atoms with E-state index in [1.54, 1.807) is 31.0 Å². The molecule has 8 heteroatoms. The second kappa shape index (κ2) is 5.66. The molecule has 0 saturated heterocycles. The number of sulfonamides is 1. The molecule has 21 heavy (non-hydrogen) atoms. The Hall–Kier alpha value is -2.19. The molecule has 0 atom stereocenters. The van der Waals surface area contributed by atoms with Gasteiger partial charge in [-0.2, -0.15) is 5.10 Å². The van der Waals surface area contributed by atoms with E-state index < -0.39 is 16.0 Å². The molecule has 1 heterocycles. The lowest BCUT2D eigenvalue weighted by atomic mass is 10.1. The Labute approximate surface area is 122 Å². The molecule has 2 rings (SSSR count). The number of carboxylic acids is 1. The second-order valence-electron chi connectivity index (χ2n) is 4.63. The van der Waals surface area contributed by atoms with Crippen molar-refractivity contribution in [2.24, 2.45) is 7.05 Å². The fourth-order valence-corrected chi connectivity index (χ4v) is 2.87. The number of rotatable bonds is 5. The average Bonchev–Trinajstić information content (AvgIpc) is 2.82. The van der Waals surface area contributed by atoms with Crippen LogP contribution in [-0.2, 0) is 23.6 Å². The number of benzene rings is 1. The number of hydrogen-bond donors (Lipinski definition) is 2. The molecular weight excluding hydrogens is 294 g/mol. The van der Waals surface area contributed by atoms with Gasteiger partial charge >= 0.3 is 5.97 Å². The number of carboxylic acid groups (broad SMARTS) is 1. The summed E-state index contributed by atoms with van der Waals surface area (Å²) in [7, 11) is -2.04. The summed E-state index contributed by atoms with van der Waals surface area (Å²) in [6, 6.07) is 4.01. The minimum absolute atomic E-state index is 0.0285. The second-order valence-corrected chi connectivity index (χ2v) is 6.40. The van der Waals surface area contributed by atoms with Crippen LogP contribution in [0.2, 0.25) is 0 Å². The third-order valence-electron chi connectivity index (χ3n) is 2.97. The van der Waals surface area contributed by atoms with Gasteiger partial charge in [-0.25, -0.2) is 17.9 Å². The predicted octanol–water partition coefficient (Wildman–Crippen LogP) is 0.905. The molecule has 2 N–H and O–H groups in total. The zero-order chi connectivity index (χ0) is 15.6. The van der Waals surface area contributed by atoms with Crippen LogP contribution in [-0.4, -0.2) is 29.3 Å². The van der Waals surface area contributed by atoms with Crippen LogP contribution in [0.25, 0.3) is 0 Å². The highest BCUT2D eigenvalue weighted by Crippen LogP contribution is 2.16. The van der Waals surface area contributed by atoms with Crippen molar-refractivity contribution in [3.05, 3.63) is 47.3 Å². The van der Waals surface area contributed by atoms with Crippen molar-refractivity contribution in [1.82, 2.24) is 14.5 Å². The molecule has 0 radical (unpaired) electrons. The minimum atomic E-state index is -3.77. The van der Waals surface area contributed by atoms with Crippen molar-refractivity contribution in [3.8, 4) is 0 Å². The van der Waals surface area contributed by atoms with E-state index in [0.29, 0.717) is 11.1 Å². The number of aromatic carboxylic acids is 1. The van der Waals surface area contributed by atoms with Gasteiger partial charge in [-0.15, -0.1) is 0 Å². The first-order valence-corrected chi connectivity index (χ1v) is 7.59. The van der Waals surface area contributed by atoms with E-state index in [-0.39, 0.29) is 17.0 Å². The molecule has 0 aliphatic carbocycles. The van der Waals surface area contributed by atoms with Crippen LogP contribution < -0.4 is 4.72 Å². The van der Waals surface area contributed by atoms with Crippen LogP contribution in [0.3, 0.4) is 0 Å². The van der Waals surface area contributed by atoms with Crippen LogP contribution >= 0.6 is 0 Å². The molecule has 0 bridgehead atoms. The molecule has 0 spiro atoms. The monoisotopic (exact) mass is 309 g/mol. The van der Waals surface area contributed by atoms with Gasteiger partial charge in [-0.3, -0.25) is 4.68 Å². The van der Waals surface area contributed by atoms with Crippen LogP contribution in [0.1, 0.15) is 21.5 Å². The molecule has 7 nitrogen and oxygen atoms in total. The number of nitrogens with one attached hydrogen (secondary N) is 1. The van der Waals surface area contributed by atoms with Crippen molar-refractivity contribution in [3.63, 3.8) is 0 Å². The predicted molar refractivity (Wildman–Crippen MR) is 75.4 cm³/mol. The van der Waals surface area contributed by atoms with E-state index in [1.807, 2.05) is 0 Å². The molecule has 0 aliphatic rings. The number of aryl methyl sites for hydroxylation is 2. The molecule has 0 aliphatic heterocycles. The van der Waals surface area contributed by atoms with Crippen molar-refractivity contribution in [2.45, 2.75) is 18.4 Å². The largest absolute Gasteiger partial charge is 0.478 e. The molecule has 112 valence electrons. The Kier molecular flexibility index (Phi) is 4.10. The van der Waals surface area contributed by atoms with E-state index in [4.69, 9.17) is 5.11 Å². The Morgan fingerprint density at radius 3 is 2.71 bits per heavy atom. The lowest BCUT2D eigenvalue weighted by Crippen LogP contribution is -2.23. The molecule has 0 saturated carbocycles. The Morgan fingerprint density at radius 1 is 1.43 bits per heavy atom. The molecular formula is C13H15N3O4S. The summed E-state index contributed by atoms with van der Waals surface area (Å²) in [4.78, 5) is 11.0. The van der Waals surface area contributed by atoms with E-state index in [2.05, 4.69) is 9.82 Å². The lowest BCUT2D eigenvalue weighted by molar-refractivity contribution is 0.0696. The first-order chi connectivity index (χ1) is 9.79. The van der Waals surface area contributed by atoms with Gasteiger partial charge in [0, 0.05) is 25.4 Å². The van der Waals surface area contributed by atoms with E-state index in [1.165, 1.54) is 12.1 Å². The van der Waals surface area contributed by atoms with E-state index in [0.717, 1.165) is 6.07 Å². The summed E-state index contributed by atoms with van der Waals surface area (Å²) in [5.41, 5.74) is 1.19. The third kappa shape index (κ3) is 3.47. The SMILES string of the molecule is Cc1ccc(S(=O)(=O)NCc2cnn(C)c2)cc1C(=O)O. The van der Waals surface area contributed by atoms with E-state index in [9.17, 15) is 13.2 Å². The van der Waals surface area contributed by atoms with Gasteiger partial charge in [-0.05, 0) is 24.6 Å². The fraction of sp³-hybridized carbons (Fsp3) is 0.231. The number of carbonyl (C=O) groups is 1. The lowest BCUT2D eigenvalue weighted by Gasteiger charge is -2.08. The molecule has 1 aromatic carbocycles. The van der Waals surface area contributed by atoms with Crippen LogP contribution in [0.15, 0.2) is 35.5 Å². The van der Waals surface area contributed by atoms with Gasteiger partial charge in [0.15, 0.2) is 0 Å². The number of aromatic nitrogens is 2. The Bertz CT molecular complexity index is 780. The number of nitrogens with zero attached hydrogens (tertiary/aromatic N) is 2. The summed E-state index contributed by atoms with van der Waals surface area (Å²) < 4.78 is 28.3. The summed E-state index contributed by atoms with van der Waals surface area (Å²) in [6.07, 6.45) is 3.25. The first kappa shape index (κ1) is 15.2. The van der Waals surface area contributed by atoms with Crippen LogP contribution in [0.4, 0.5) is 0 Å². The summed E-state index contributed by atoms with van der Waals surface area (Å²) in [5, 5.41) is 13.0. The minimum Gasteiger partial charge on any atom is -0.478 e. The normalized spacial score (nSPS) is 11.5. The van der Waals surface area contributed by atoms with Crippen molar-refractivity contribution < 1.29 is 18.3 Å². The quantitative estimate of drug-likeness (QED) is 0.854. The molecule has 0 amide bonds. The van der Waals surface area contributed by atoms with Gasteiger partial charge in [0.25, 0.3) is 0 Å². The highest BCUT2D eigenvalue weighted by atomic mass is 32.2. The highest BCUT2D eigenvalue weighted by molar-refractivity contribution is 7.89. The van der Waals surface area contributed by atoms with Crippen LogP contribution in [0.5, 0.6) is 0 Å². The maximum atomic E-state index is 12.2. The maximum Gasteiger partial charge on any atom is 0.335 e. The van der Waals surface area contributed by atoms with Gasteiger partial charge in [0.05, 0.1) is 16.7 Å². The highest BCUT2D eigenvalue weighted by Gasteiger charge is 2.17. The number of hydrogen-bond acceptors (Lipinski definition) is 4. The third-order valence-corrected chi connectivity index (χ3v) is 4.37. The van der Waals surface area contributed by atoms with Gasteiger partial charge < -0.3 is 5.11 Å². The zero-order valence-corrected chi connectivity index (χ0v) is 12.4. The van der Waals surface area contributed by atoms with Crippen molar-refractivity contribution >= 4 is 16.0 Å². The zero-order valence-electron chi connectivity index (χ0n) is 11.6. The Balaban J connectivity index is 2.23. The topological polar surface area (TPSA) is 101 Å². The summed E-state index contributed by atoms with van der Waals surface area (Å²) >= 11 is 0. The molecule has 1 aromatic heterocycles. The Morgan fingerprint density at radius 2 is 2.14 bits per heavy atom.